The van der Waals surface area contributed by atoms with Gasteiger partial charge in [-0.3, -0.25) is 4.79 Å². The van der Waals surface area contributed by atoms with E-state index in [0.29, 0.717) is 21.9 Å². The molecule has 1 aromatic heterocycles. The van der Waals surface area contributed by atoms with Crippen molar-refractivity contribution in [3.8, 4) is 11.1 Å². The summed E-state index contributed by atoms with van der Waals surface area (Å²) in [6.45, 7) is 4.67. The van der Waals surface area contributed by atoms with Crippen molar-refractivity contribution in [1.82, 2.24) is 0 Å². The van der Waals surface area contributed by atoms with Crippen LogP contribution in [0.15, 0.2) is 173 Å². The number of allylic oxidation sites excluding steroid dienone is 3. The minimum atomic E-state index is -0.225. The zero-order valence-corrected chi connectivity index (χ0v) is 28.1. The summed E-state index contributed by atoms with van der Waals surface area (Å²) in [6.07, 6.45) is 8.96. The molecule has 0 spiro atoms. The lowest BCUT2D eigenvalue weighted by Crippen LogP contribution is -2.31. The molecule has 2 heterocycles. The van der Waals surface area contributed by atoms with Gasteiger partial charge < -0.3 is 14.2 Å². The summed E-state index contributed by atoms with van der Waals surface area (Å²) in [7, 11) is 0. The van der Waals surface area contributed by atoms with Crippen molar-refractivity contribution in [3.63, 3.8) is 0 Å². The molecule has 50 heavy (non-hydrogen) atoms. The molecule has 0 atom stereocenters. The van der Waals surface area contributed by atoms with Gasteiger partial charge in [0, 0.05) is 28.2 Å². The van der Waals surface area contributed by atoms with Crippen LogP contribution in [-0.2, 0) is 5.41 Å². The van der Waals surface area contributed by atoms with E-state index in [1.807, 2.05) is 42.5 Å². The summed E-state index contributed by atoms with van der Waals surface area (Å²) in [5.41, 5.74) is 12.5. The fraction of sp³-hybridized carbons (Fsp3) is 0.109. The van der Waals surface area contributed by atoms with Crippen LogP contribution in [0.3, 0.4) is 0 Å². The van der Waals surface area contributed by atoms with Gasteiger partial charge in [-0.2, -0.15) is 0 Å². The van der Waals surface area contributed by atoms with Gasteiger partial charge in [0.15, 0.2) is 0 Å². The molecule has 4 heteroatoms. The van der Waals surface area contributed by atoms with Gasteiger partial charge in [-0.05, 0) is 114 Å². The quantitative estimate of drug-likeness (QED) is 0.174. The number of hydrogen-bond donors (Lipinski definition) is 0. The third-order valence-corrected chi connectivity index (χ3v) is 10.3. The van der Waals surface area contributed by atoms with Crippen molar-refractivity contribution >= 4 is 50.4 Å². The number of benzene rings is 6. The fourth-order valence-corrected chi connectivity index (χ4v) is 7.68. The van der Waals surface area contributed by atoms with Crippen LogP contribution in [0.2, 0.25) is 0 Å². The monoisotopic (exact) mass is 648 g/mol. The predicted molar refractivity (Wildman–Crippen MR) is 207 cm³/mol. The van der Waals surface area contributed by atoms with Crippen molar-refractivity contribution in [3.05, 3.63) is 185 Å². The van der Waals surface area contributed by atoms with Gasteiger partial charge in [0.25, 0.3) is 0 Å². The minimum Gasteiger partial charge on any atom is -0.456 e. The van der Waals surface area contributed by atoms with Crippen molar-refractivity contribution in [2.24, 2.45) is 0 Å². The van der Waals surface area contributed by atoms with E-state index in [-0.39, 0.29) is 10.8 Å². The fourth-order valence-electron chi connectivity index (χ4n) is 7.68. The zero-order valence-electron chi connectivity index (χ0n) is 28.1. The first-order valence-electron chi connectivity index (χ1n) is 17.3. The molecule has 0 amide bonds. The van der Waals surface area contributed by atoms with Crippen molar-refractivity contribution in [1.29, 1.82) is 0 Å². The largest absolute Gasteiger partial charge is 0.456 e. The van der Waals surface area contributed by atoms with Gasteiger partial charge >= 0.3 is 0 Å². The number of nitrogens with zero attached hydrogens (tertiary/aromatic N) is 2. The molecule has 242 valence electrons. The Labute approximate surface area is 291 Å². The van der Waals surface area contributed by atoms with E-state index in [9.17, 15) is 4.79 Å². The van der Waals surface area contributed by atoms with Crippen LogP contribution in [0.25, 0.3) is 33.1 Å². The molecule has 9 rings (SSSR count). The van der Waals surface area contributed by atoms with E-state index in [4.69, 9.17) is 4.42 Å². The topological polar surface area (TPSA) is 36.7 Å². The summed E-state index contributed by atoms with van der Waals surface area (Å²) in [6, 6.07) is 48.3. The van der Waals surface area contributed by atoms with Crippen LogP contribution in [0.4, 0.5) is 28.4 Å². The Morgan fingerprint density at radius 1 is 0.620 bits per heavy atom. The Balaban J connectivity index is 1.14. The standard InChI is InChI=1S/C46H36N2O2/c1-46(2)39-18-10-11-19-41(39)48(42-28-26-36(30-40(42)46)47(33-13-5-3-6-14-33)34-15-7-4-8-16-34)35-24-21-31(22-25-35)32-23-27-38-44(29-32)50-43-20-12-9-17-37(43)45(38)49/h3,5-7,9-30H,4,8H2,1-2H3. The maximum absolute atomic E-state index is 13.1. The molecule has 0 unspecified atom stereocenters. The zero-order chi connectivity index (χ0) is 33.8. The summed E-state index contributed by atoms with van der Waals surface area (Å²) < 4.78 is 6.18. The first-order chi connectivity index (χ1) is 24.5. The number of fused-ring (bicyclic) bond motifs is 4. The molecule has 6 aromatic carbocycles. The Morgan fingerprint density at radius 2 is 1.34 bits per heavy atom. The molecule has 0 radical (unpaired) electrons. The Kier molecular flexibility index (Phi) is 7.06. The average Bonchev–Trinajstić information content (AvgIpc) is 3.16. The Hall–Kier alpha value is -6.13. The SMILES string of the molecule is CC1(C)c2ccccc2N(c2ccc(-c3ccc4c(=O)c5ccccc5oc4c3)cc2)c2ccc(N(C3=CCCC=C3)c3ccccc3)cc21. The van der Waals surface area contributed by atoms with Crippen molar-refractivity contribution < 1.29 is 4.42 Å². The highest BCUT2D eigenvalue weighted by Crippen LogP contribution is 2.53. The molecule has 1 aliphatic heterocycles. The lowest BCUT2D eigenvalue weighted by Gasteiger charge is -2.42. The third-order valence-electron chi connectivity index (χ3n) is 10.3. The third kappa shape index (κ3) is 4.87. The summed E-state index contributed by atoms with van der Waals surface area (Å²) >= 11 is 0. The van der Waals surface area contributed by atoms with E-state index >= 15 is 0 Å². The van der Waals surface area contributed by atoms with Crippen LogP contribution in [0.5, 0.6) is 0 Å². The normalized spacial score (nSPS) is 14.7. The van der Waals surface area contributed by atoms with Crippen LogP contribution in [0, 0.1) is 0 Å². The van der Waals surface area contributed by atoms with E-state index in [1.54, 1.807) is 0 Å². The van der Waals surface area contributed by atoms with E-state index in [2.05, 4.69) is 139 Å². The molecule has 0 saturated heterocycles. The highest BCUT2D eigenvalue weighted by atomic mass is 16.3. The maximum atomic E-state index is 13.1. The van der Waals surface area contributed by atoms with Crippen LogP contribution >= 0.6 is 0 Å². The van der Waals surface area contributed by atoms with Gasteiger partial charge in [0.1, 0.15) is 11.2 Å². The maximum Gasteiger partial charge on any atom is 0.200 e. The highest BCUT2D eigenvalue weighted by Gasteiger charge is 2.37. The molecule has 0 bridgehead atoms. The van der Waals surface area contributed by atoms with Crippen LogP contribution in [-0.4, -0.2) is 0 Å². The minimum absolute atomic E-state index is 0.00363. The van der Waals surface area contributed by atoms with Crippen molar-refractivity contribution in [2.75, 3.05) is 9.80 Å². The van der Waals surface area contributed by atoms with Gasteiger partial charge in [0.2, 0.25) is 5.43 Å². The van der Waals surface area contributed by atoms with E-state index in [1.165, 1.54) is 28.2 Å². The van der Waals surface area contributed by atoms with Gasteiger partial charge in [-0.15, -0.1) is 0 Å². The molecule has 7 aromatic rings. The van der Waals surface area contributed by atoms with Crippen LogP contribution in [0.1, 0.15) is 37.8 Å². The smallest absolute Gasteiger partial charge is 0.200 e. The number of para-hydroxylation sites is 3. The first kappa shape index (κ1) is 30.0. The lowest BCUT2D eigenvalue weighted by molar-refractivity contribution is 0.632. The van der Waals surface area contributed by atoms with Crippen LogP contribution < -0.4 is 15.2 Å². The molecule has 2 aliphatic rings. The Morgan fingerprint density at radius 3 is 2.16 bits per heavy atom. The number of hydrogen-bond acceptors (Lipinski definition) is 4. The van der Waals surface area contributed by atoms with E-state index in [0.717, 1.165) is 41.0 Å². The van der Waals surface area contributed by atoms with E-state index < -0.39 is 0 Å². The van der Waals surface area contributed by atoms with Crippen molar-refractivity contribution in [2.45, 2.75) is 32.1 Å². The number of rotatable bonds is 5. The highest BCUT2D eigenvalue weighted by molar-refractivity contribution is 5.92. The summed E-state index contributed by atoms with van der Waals surface area (Å²) in [4.78, 5) is 17.9. The lowest BCUT2D eigenvalue weighted by atomic mass is 9.73. The second-order valence-corrected chi connectivity index (χ2v) is 13.6. The van der Waals surface area contributed by atoms with Gasteiger partial charge in [-0.25, -0.2) is 0 Å². The summed E-state index contributed by atoms with van der Waals surface area (Å²) in [5.74, 6) is 0. The number of anilines is 5. The molecule has 0 fully saturated rings. The molecular formula is C46H36N2O2. The predicted octanol–water partition coefficient (Wildman–Crippen LogP) is 12.1. The second kappa shape index (κ2) is 11.8. The second-order valence-electron chi connectivity index (χ2n) is 13.6. The van der Waals surface area contributed by atoms with Gasteiger partial charge in [0.05, 0.1) is 22.1 Å². The Bertz CT molecular complexity index is 2540. The molecule has 0 saturated carbocycles. The molecular weight excluding hydrogens is 613 g/mol. The molecule has 0 N–H and O–H groups in total. The summed E-state index contributed by atoms with van der Waals surface area (Å²) in [5, 5.41) is 1.19. The first-order valence-corrected chi connectivity index (χ1v) is 17.3. The molecule has 1 aliphatic carbocycles. The molecule has 4 nitrogen and oxygen atoms in total. The average molecular weight is 649 g/mol. The van der Waals surface area contributed by atoms with Gasteiger partial charge in [-0.1, -0.05) is 92.7 Å².